The number of carbonyl (C=O) groups is 6. The van der Waals surface area contributed by atoms with Crippen LogP contribution in [0.5, 0.6) is 5.75 Å². The van der Waals surface area contributed by atoms with Crippen LogP contribution in [0.4, 0.5) is 0 Å². The van der Waals surface area contributed by atoms with E-state index in [0.29, 0.717) is 30.7 Å². The number of hydrogen-bond donors (Lipinski definition) is 5. The van der Waals surface area contributed by atoms with E-state index in [-0.39, 0.29) is 24.8 Å². The normalized spacial score (nSPS) is 27.2. The third kappa shape index (κ3) is 6.22. The minimum absolute atomic E-state index is 0.00488. The van der Waals surface area contributed by atoms with E-state index in [0.717, 1.165) is 25.0 Å². The van der Waals surface area contributed by atoms with E-state index in [2.05, 4.69) is 9.64 Å². The molecule has 0 saturated carbocycles. The molecule has 5 N–H and O–H groups in total. The van der Waals surface area contributed by atoms with E-state index in [1.807, 2.05) is 13.1 Å². The number of aliphatic carboxylic acids is 2. The lowest BCUT2D eigenvalue weighted by molar-refractivity contribution is -0.184. The molecule has 1 aromatic carbocycles. The van der Waals surface area contributed by atoms with Crippen LogP contribution in [0, 0.1) is 0 Å². The second kappa shape index (κ2) is 13.4. The molecule has 2 aliphatic carbocycles. The maximum Gasteiger partial charge on any atom is 0.348 e. The molecule has 4 aliphatic rings. The average Bonchev–Trinajstić information content (AvgIpc) is 3.39. The SMILES string of the molecule is C[C@H](OC(=O)[C@H](C)OC(=O)[C@H](CC(=O)OC1=CC[C@@]2(O)[C@H]3Cc4ccc(CO)c5c4[C@@]2(CCN3C)[C@H]1O5)OC(=O)C[C@H](O)C(=O)O)C(=O)O. The van der Waals surface area contributed by atoms with Gasteiger partial charge < -0.3 is 54.1 Å². The smallest absolute Gasteiger partial charge is 0.348 e. The van der Waals surface area contributed by atoms with E-state index < -0.39 is 90.2 Å². The van der Waals surface area contributed by atoms with Crippen molar-refractivity contribution in [2.45, 2.75) is 100 Å². The first-order valence-corrected chi connectivity index (χ1v) is 15.5. The molecule has 1 fully saturated rings. The molecule has 49 heavy (non-hydrogen) atoms. The molecular weight excluding hydrogens is 654 g/mol. The number of piperidine rings is 1. The van der Waals surface area contributed by atoms with Crippen molar-refractivity contribution >= 4 is 35.8 Å². The van der Waals surface area contributed by atoms with Gasteiger partial charge in [-0.2, -0.15) is 0 Å². The fraction of sp³-hybridized carbons (Fsp3) is 0.562. The zero-order chi connectivity index (χ0) is 36.0. The van der Waals surface area contributed by atoms with Crippen molar-refractivity contribution in [1.29, 1.82) is 0 Å². The molecule has 2 aliphatic heterocycles. The van der Waals surface area contributed by atoms with Gasteiger partial charge in [-0.15, -0.1) is 0 Å². The molecule has 2 heterocycles. The number of aliphatic hydroxyl groups is 3. The average molecular weight is 692 g/mol. The third-order valence-electron chi connectivity index (χ3n) is 9.66. The van der Waals surface area contributed by atoms with Gasteiger partial charge in [0.15, 0.2) is 24.4 Å². The Labute approximate surface area is 278 Å². The van der Waals surface area contributed by atoms with Crippen LogP contribution < -0.4 is 4.74 Å². The summed E-state index contributed by atoms with van der Waals surface area (Å²) in [4.78, 5) is 75.3. The quantitative estimate of drug-likeness (QED) is 0.124. The number of carbonyl (C=O) groups excluding carboxylic acids is 4. The van der Waals surface area contributed by atoms with Crippen molar-refractivity contribution < 1.29 is 78.0 Å². The molecule has 0 unspecified atom stereocenters. The van der Waals surface area contributed by atoms with E-state index in [9.17, 15) is 44.1 Å². The van der Waals surface area contributed by atoms with Crippen LogP contribution >= 0.6 is 0 Å². The molecule has 5 rings (SSSR count). The number of carboxylic acid groups (broad SMARTS) is 2. The fourth-order valence-corrected chi connectivity index (χ4v) is 7.20. The van der Waals surface area contributed by atoms with Crippen LogP contribution in [-0.2, 0) is 66.2 Å². The minimum atomic E-state index is -2.20. The summed E-state index contributed by atoms with van der Waals surface area (Å²) in [6.07, 6.45) is -8.24. The summed E-state index contributed by atoms with van der Waals surface area (Å²) in [7, 11) is 1.91. The van der Waals surface area contributed by atoms with Crippen LogP contribution in [0.1, 0.15) is 56.2 Å². The first-order valence-electron chi connectivity index (χ1n) is 15.5. The van der Waals surface area contributed by atoms with Gasteiger partial charge in [0.1, 0.15) is 11.5 Å². The second-order valence-electron chi connectivity index (χ2n) is 12.6. The largest absolute Gasteiger partial charge is 0.481 e. The number of aliphatic hydroxyl groups excluding tert-OH is 2. The summed E-state index contributed by atoms with van der Waals surface area (Å²) < 4.78 is 26.7. The highest BCUT2D eigenvalue weighted by Gasteiger charge is 2.72. The van der Waals surface area contributed by atoms with Crippen LogP contribution in [0.25, 0.3) is 0 Å². The second-order valence-corrected chi connectivity index (χ2v) is 12.6. The first kappa shape index (κ1) is 35.7. The molecule has 0 aromatic heterocycles. The summed E-state index contributed by atoms with van der Waals surface area (Å²) in [6, 6.07) is 3.33. The van der Waals surface area contributed by atoms with Crippen LogP contribution in [-0.4, -0.2) is 122 Å². The predicted octanol–water partition coefficient (Wildman–Crippen LogP) is -0.915. The summed E-state index contributed by atoms with van der Waals surface area (Å²) in [5.41, 5.74) is -0.238. The first-order chi connectivity index (χ1) is 23.0. The highest BCUT2D eigenvalue weighted by Crippen LogP contribution is 2.64. The van der Waals surface area contributed by atoms with Gasteiger partial charge in [-0.05, 0) is 51.9 Å². The number of nitrogens with zero attached hydrogens (tertiary/aromatic N) is 1. The number of rotatable bonds is 13. The topological polar surface area (TPSA) is 253 Å². The number of hydrogen-bond acceptors (Lipinski definition) is 15. The molecule has 17 heteroatoms. The highest BCUT2D eigenvalue weighted by molar-refractivity contribution is 5.88. The van der Waals surface area contributed by atoms with Gasteiger partial charge in [0.05, 0.1) is 30.5 Å². The van der Waals surface area contributed by atoms with Gasteiger partial charge in [-0.25, -0.2) is 19.2 Å². The highest BCUT2D eigenvalue weighted by atomic mass is 16.6. The van der Waals surface area contributed by atoms with Crippen molar-refractivity contribution in [3.05, 3.63) is 40.7 Å². The maximum atomic E-state index is 13.4. The summed E-state index contributed by atoms with van der Waals surface area (Å²) in [5.74, 6) is -8.11. The van der Waals surface area contributed by atoms with Gasteiger partial charge >= 0.3 is 35.8 Å². The predicted molar refractivity (Wildman–Crippen MR) is 158 cm³/mol. The molecule has 8 atom stereocenters. The van der Waals surface area contributed by atoms with E-state index in [1.165, 1.54) is 6.08 Å². The Hall–Kier alpha value is -4.58. The molecule has 266 valence electrons. The molecular formula is C32H37NO16. The number of benzene rings is 1. The van der Waals surface area contributed by atoms with E-state index in [4.69, 9.17) is 29.2 Å². The molecule has 1 aromatic rings. The van der Waals surface area contributed by atoms with Crippen molar-refractivity contribution in [2.24, 2.45) is 0 Å². The zero-order valence-corrected chi connectivity index (χ0v) is 26.8. The number of esters is 4. The number of carboxylic acids is 2. The number of ether oxygens (including phenoxy) is 5. The molecule has 1 saturated heterocycles. The number of likely N-dealkylation sites (tertiary alicyclic amines) is 1. The van der Waals surface area contributed by atoms with Gasteiger partial charge in [0.2, 0.25) is 6.10 Å². The Morgan fingerprint density at radius 1 is 0.980 bits per heavy atom. The Kier molecular flexibility index (Phi) is 9.75. The Morgan fingerprint density at radius 2 is 1.67 bits per heavy atom. The fourth-order valence-electron chi connectivity index (χ4n) is 7.20. The number of likely N-dealkylation sites (N-methyl/N-ethyl adjacent to an activating group) is 1. The molecule has 0 amide bonds. The molecule has 2 bridgehead atoms. The van der Waals surface area contributed by atoms with Gasteiger partial charge in [-0.3, -0.25) is 9.59 Å². The summed E-state index contributed by atoms with van der Waals surface area (Å²) in [5, 5.41) is 49.9. The minimum Gasteiger partial charge on any atom is -0.481 e. The third-order valence-corrected chi connectivity index (χ3v) is 9.66. The maximum absolute atomic E-state index is 13.4. The summed E-state index contributed by atoms with van der Waals surface area (Å²) in [6.45, 7) is 2.32. The van der Waals surface area contributed by atoms with E-state index in [1.54, 1.807) is 6.07 Å². The van der Waals surface area contributed by atoms with Crippen molar-refractivity contribution in [3.63, 3.8) is 0 Å². The van der Waals surface area contributed by atoms with Crippen LogP contribution in [0.2, 0.25) is 0 Å². The molecule has 0 radical (unpaired) electrons. The van der Waals surface area contributed by atoms with Gasteiger partial charge in [0.25, 0.3) is 0 Å². The molecule has 1 spiro atoms. The molecule has 17 nitrogen and oxygen atoms in total. The Bertz CT molecular complexity index is 1610. The lowest BCUT2D eigenvalue weighted by Crippen LogP contribution is -2.74. The summed E-state index contributed by atoms with van der Waals surface area (Å²) >= 11 is 0. The standard InChI is InChI=1S/C32H37NO16/c1-14(27(38)39)45-29(42)15(2)46-30(43)20(48-22(36)11-18(35)28(40)41)12-23(37)47-19-6-7-32(44)21-10-16-4-5-17(13-34)25-24(16)31(32,26(19)49-25)8-9-33(21)3/h4-6,14-15,18,20-21,26,34-35,44H,7-13H2,1-3H3,(H,38,39)(H,40,41)/t14-,15-,18-,20-,21+,26-,31-,32+/m0/s1. The van der Waals surface area contributed by atoms with E-state index >= 15 is 0 Å². The lowest BCUT2D eigenvalue weighted by Gasteiger charge is -2.61. The van der Waals surface area contributed by atoms with Gasteiger partial charge in [-0.1, -0.05) is 12.1 Å². The van der Waals surface area contributed by atoms with Crippen molar-refractivity contribution in [3.8, 4) is 5.75 Å². The van der Waals surface area contributed by atoms with Crippen molar-refractivity contribution in [1.82, 2.24) is 4.90 Å². The van der Waals surface area contributed by atoms with Crippen molar-refractivity contribution in [2.75, 3.05) is 13.6 Å². The Morgan fingerprint density at radius 3 is 2.33 bits per heavy atom. The Balaban J connectivity index is 1.38. The lowest BCUT2D eigenvalue weighted by atomic mass is 9.50. The monoisotopic (exact) mass is 691 g/mol. The van der Waals surface area contributed by atoms with Crippen LogP contribution in [0.3, 0.4) is 0 Å². The zero-order valence-electron chi connectivity index (χ0n) is 26.8. The van der Waals surface area contributed by atoms with Crippen LogP contribution in [0.15, 0.2) is 24.0 Å². The van der Waals surface area contributed by atoms with Gasteiger partial charge in [0, 0.05) is 23.6 Å².